The standard InChI is InChI=1S/C26H28N4O3/c31-22-13-11-20(12-14-22)24(25(32)29-21-9-5-2-6-10-21)30(18-19-7-3-1-4-8-19)26(33)23-17-27-15-16-28-23/h1,3-4,7-8,11-17,21,24,31H,2,5-6,9-10,18H2,(H,29,32)/t24-/m0/s1. The minimum Gasteiger partial charge on any atom is -0.508 e. The van der Waals surface area contributed by atoms with Gasteiger partial charge >= 0.3 is 0 Å². The lowest BCUT2D eigenvalue weighted by molar-refractivity contribution is -0.127. The molecule has 1 aromatic heterocycles. The Kier molecular flexibility index (Phi) is 7.29. The van der Waals surface area contributed by atoms with Crippen molar-refractivity contribution in [1.82, 2.24) is 20.2 Å². The van der Waals surface area contributed by atoms with E-state index in [0.717, 1.165) is 31.2 Å². The molecule has 1 heterocycles. The highest BCUT2D eigenvalue weighted by Crippen LogP contribution is 2.28. The summed E-state index contributed by atoms with van der Waals surface area (Å²) in [5.74, 6) is -0.523. The average molecular weight is 445 g/mol. The van der Waals surface area contributed by atoms with Gasteiger partial charge in [-0.1, -0.05) is 61.7 Å². The number of phenols is 1. The summed E-state index contributed by atoms with van der Waals surface area (Å²) < 4.78 is 0. The van der Waals surface area contributed by atoms with Gasteiger partial charge in [-0.05, 0) is 36.1 Å². The highest BCUT2D eigenvalue weighted by Gasteiger charge is 2.34. The molecule has 1 saturated carbocycles. The minimum atomic E-state index is -0.887. The molecule has 2 aromatic carbocycles. The lowest BCUT2D eigenvalue weighted by atomic mass is 9.94. The third-order valence-electron chi connectivity index (χ3n) is 5.96. The number of phenolic OH excluding ortho intramolecular Hbond substituents is 1. The number of carbonyl (C=O) groups is 2. The van der Waals surface area contributed by atoms with Crippen molar-refractivity contribution in [2.45, 2.75) is 50.7 Å². The predicted octanol–water partition coefficient (Wildman–Crippen LogP) is 4.01. The van der Waals surface area contributed by atoms with Gasteiger partial charge in [-0.3, -0.25) is 14.6 Å². The maximum Gasteiger partial charge on any atom is 0.275 e. The summed E-state index contributed by atoms with van der Waals surface area (Å²) in [4.78, 5) is 37.0. The van der Waals surface area contributed by atoms with E-state index in [1.165, 1.54) is 42.0 Å². The van der Waals surface area contributed by atoms with E-state index in [4.69, 9.17) is 0 Å². The summed E-state index contributed by atoms with van der Waals surface area (Å²) in [6.07, 6.45) is 9.60. The summed E-state index contributed by atoms with van der Waals surface area (Å²) >= 11 is 0. The van der Waals surface area contributed by atoms with Crippen LogP contribution >= 0.6 is 0 Å². The summed E-state index contributed by atoms with van der Waals surface area (Å²) in [6.45, 7) is 0.222. The molecular formula is C26H28N4O3. The molecule has 1 atom stereocenters. The van der Waals surface area contributed by atoms with Crippen LogP contribution in [0.5, 0.6) is 5.75 Å². The molecule has 33 heavy (non-hydrogen) atoms. The summed E-state index contributed by atoms with van der Waals surface area (Å²) in [7, 11) is 0. The second-order valence-electron chi connectivity index (χ2n) is 8.35. The molecule has 0 spiro atoms. The Morgan fingerprint density at radius 1 is 1.00 bits per heavy atom. The van der Waals surface area contributed by atoms with Gasteiger partial charge in [0.1, 0.15) is 17.5 Å². The molecule has 3 aromatic rings. The molecule has 7 nitrogen and oxygen atoms in total. The van der Waals surface area contributed by atoms with Crippen molar-refractivity contribution in [3.05, 3.63) is 90.0 Å². The fourth-order valence-corrected chi connectivity index (χ4v) is 4.27. The van der Waals surface area contributed by atoms with Crippen LogP contribution in [-0.2, 0) is 11.3 Å². The predicted molar refractivity (Wildman–Crippen MR) is 124 cm³/mol. The fourth-order valence-electron chi connectivity index (χ4n) is 4.27. The summed E-state index contributed by atoms with van der Waals surface area (Å²) in [5, 5.41) is 13.0. The van der Waals surface area contributed by atoms with Crippen molar-refractivity contribution in [2.24, 2.45) is 0 Å². The van der Waals surface area contributed by atoms with E-state index in [1.807, 2.05) is 30.3 Å². The molecule has 0 aliphatic heterocycles. The van der Waals surface area contributed by atoms with Crippen LogP contribution < -0.4 is 5.32 Å². The molecule has 1 aliphatic carbocycles. The Labute approximate surface area is 193 Å². The van der Waals surface area contributed by atoms with Crippen LogP contribution in [0.3, 0.4) is 0 Å². The van der Waals surface area contributed by atoms with E-state index in [2.05, 4.69) is 15.3 Å². The van der Waals surface area contributed by atoms with Crippen molar-refractivity contribution >= 4 is 11.8 Å². The van der Waals surface area contributed by atoms with E-state index in [9.17, 15) is 14.7 Å². The molecule has 0 radical (unpaired) electrons. The van der Waals surface area contributed by atoms with Crippen LogP contribution in [-0.4, -0.2) is 37.8 Å². The molecule has 1 aliphatic rings. The maximum absolute atomic E-state index is 13.7. The van der Waals surface area contributed by atoms with Crippen molar-refractivity contribution in [1.29, 1.82) is 0 Å². The first-order chi connectivity index (χ1) is 16.1. The zero-order chi connectivity index (χ0) is 23.0. The van der Waals surface area contributed by atoms with Gasteiger partial charge in [0.2, 0.25) is 5.91 Å². The first kappa shape index (κ1) is 22.5. The van der Waals surface area contributed by atoms with E-state index < -0.39 is 6.04 Å². The van der Waals surface area contributed by atoms with E-state index >= 15 is 0 Å². The Morgan fingerprint density at radius 2 is 1.73 bits per heavy atom. The number of aromatic hydroxyl groups is 1. The largest absolute Gasteiger partial charge is 0.508 e. The second-order valence-corrected chi connectivity index (χ2v) is 8.35. The first-order valence-electron chi connectivity index (χ1n) is 11.3. The van der Waals surface area contributed by atoms with Crippen LogP contribution in [0.25, 0.3) is 0 Å². The normalized spacial score (nSPS) is 14.9. The molecule has 7 heteroatoms. The molecule has 2 amide bonds. The highest BCUT2D eigenvalue weighted by molar-refractivity contribution is 5.96. The smallest absolute Gasteiger partial charge is 0.275 e. The van der Waals surface area contributed by atoms with Crippen LogP contribution in [0.4, 0.5) is 0 Å². The summed E-state index contributed by atoms with van der Waals surface area (Å²) in [5.41, 5.74) is 1.68. The maximum atomic E-state index is 13.7. The summed E-state index contributed by atoms with van der Waals surface area (Å²) in [6, 6.07) is 15.2. The number of carbonyl (C=O) groups excluding carboxylic acids is 2. The number of amides is 2. The Morgan fingerprint density at radius 3 is 2.39 bits per heavy atom. The van der Waals surface area contributed by atoms with Gasteiger partial charge in [0.25, 0.3) is 5.91 Å². The molecule has 4 rings (SSSR count). The van der Waals surface area contributed by atoms with Crippen molar-refractivity contribution in [3.8, 4) is 5.75 Å². The third-order valence-corrected chi connectivity index (χ3v) is 5.96. The molecule has 170 valence electrons. The minimum absolute atomic E-state index is 0.0936. The monoisotopic (exact) mass is 444 g/mol. The van der Waals surface area contributed by atoms with Gasteiger partial charge in [0.05, 0.1) is 6.20 Å². The molecule has 0 unspecified atom stereocenters. The molecule has 0 bridgehead atoms. The van der Waals surface area contributed by atoms with Gasteiger partial charge < -0.3 is 15.3 Å². The first-order valence-corrected chi connectivity index (χ1v) is 11.3. The second kappa shape index (κ2) is 10.7. The van der Waals surface area contributed by atoms with Gasteiger partial charge in [-0.15, -0.1) is 0 Å². The van der Waals surface area contributed by atoms with E-state index in [1.54, 1.807) is 12.1 Å². The molecule has 1 fully saturated rings. The van der Waals surface area contributed by atoms with E-state index in [-0.39, 0.29) is 35.8 Å². The third kappa shape index (κ3) is 5.74. The van der Waals surface area contributed by atoms with Gasteiger partial charge in [-0.25, -0.2) is 4.98 Å². The molecule has 2 N–H and O–H groups in total. The SMILES string of the molecule is O=C(NC1CCCCC1)[C@H](c1ccc(O)cc1)N(Cc1ccccc1)C(=O)c1cnccn1. The van der Waals surface area contributed by atoms with Crippen LogP contribution in [0.15, 0.2) is 73.2 Å². The van der Waals surface area contributed by atoms with Crippen molar-refractivity contribution in [2.75, 3.05) is 0 Å². The Balaban J connectivity index is 1.72. The quantitative estimate of drug-likeness (QED) is 0.574. The molecular weight excluding hydrogens is 416 g/mol. The number of hydrogen-bond donors (Lipinski definition) is 2. The zero-order valence-corrected chi connectivity index (χ0v) is 18.4. The number of benzene rings is 2. The number of hydrogen-bond acceptors (Lipinski definition) is 5. The number of nitrogens with zero attached hydrogens (tertiary/aromatic N) is 3. The zero-order valence-electron chi connectivity index (χ0n) is 18.4. The number of aromatic nitrogens is 2. The van der Waals surface area contributed by atoms with E-state index in [0.29, 0.717) is 5.56 Å². The van der Waals surface area contributed by atoms with Gasteiger partial charge in [-0.2, -0.15) is 0 Å². The van der Waals surface area contributed by atoms with Gasteiger partial charge in [0.15, 0.2) is 0 Å². The highest BCUT2D eigenvalue weighted by atomic mass is 16.3. The topological polar surface area (TPSA) is 95.4 Å². The fraction of sp³-hybridized carbons (Fsp3) is 0.308. The molecule has 0 saturated heterocycles. The Hall–Kier alpha value is -3.74. The van der Waals surface area contributed by atoms with Crippen molar-refractivity contribution < 1.29 is 14.7 Å². The van der Waals surface area contributed by atoms with Crippen LogP contribution in [0.2, 0.25) is 0 Å². The number of nitrogens with one attached hydrogen (secondary N) is 1. The van der Waals surface area contributed by atoms with Gasteiger partial charge in [0, 0.05) is 25.0 Å². The van der Waals surface area contributed by atoms with Crippen molar-refractivity contribution in [3.63, 3.8) is 0 Å². The lowest BCUT2D eigenvalue weighted by Gasteiger charge is -2.33. The van der Waals surface area contributed by atoms with Crippen LogP contribution in [0, 0.1) is 0 Å². The Bertz CT molecular complexity index is 1050. The number of rotatable bonds is 7. The lowest BCUT2D eigenvalue weighted by Crippen LogP contribution is -2.47. The van der Waals surface area contributed by atoms with Crippen LogP contribution in [0.1, 0.15) is 59.8 Å². The average Bonchev–Trinajstić information content (AvgIpc) is 2.86.